The average Bonchev–Trinajstić information content (AvgIpc) is 2.52. The van der Waals surface area contributed by atoms with Crippen molar-refractivity contribution < 1.29 is 13.2 Å². The molecule has 2 aromatic rings. The fourth-order valence-electron chi connectivity index (χ4n) is 3.42. The van der Waals surface area contributed by atoms with E-state index in [2.05, 4.69) is 22.1 Å². The summed E-state index contributed by atoms with van der Waals surface area (Å²) in [5.41, 5.74) is 0.178. The molecule has 0 saturated carbocycles. The first-order valence-electron chi connectivity index (χ1n) is 7.77. The highest BCUT2D eigenvalue weighted by atomic mass is 35.5. The van der Waals surface area contributed by atoms with Crippen molar-refractivity contribution in [2.75, 3.05) is 25.0 Å². The summed E-state index contributed by atoms with van der Waals surface area (Å²) in [6.45, 7) is 3.80. The molecule has 2 heterocycles. The van der Waals surface area contributed by atoms with Gasteiger partial charge in [0.25, 0.3) is 0 Å². The highest BCUT2D eigenvalue weighted by molar-refractivity contribution is 5.94. The first-order valence-corrected chi connectivity index (χ1v) is 7.77. The molecule has 0 aliphatic carbocycles. The summed E-state index contributed by atoms with van der Waals surface area (Å²) >= 11 is 0. The lowest BCUT2D eigenvalue weighted by Crippen LogP contribution is -2.47. The van der Waals surface area contributed by atoms with E-state index in [1.165, 1.54) is 6.20 Å². The molecule has 2 atom stereocenters. The highest BCUT2D eigenvalue weighted by Crippen LogP contribution is 2.38. The van der Waals surface area contributed by atoms with E-state index in [0.29, 0.717) is 17.3 Å². The fourth-order valence-corrected chi connectivity index (χ4v) is 3.42. The quantitative estimate of drug-likeness (QED) is 0.874. The molecule has 3 rings (SSSR count). The van der Waals surface area contributed by atoms with Gasteiger partial charge >= 0.3 is 6.18 Å². The van der Waals surface area contributed by atoms with Crippen LogP contribution >= 0.6 is 12.4 Å². The van der Waals surface area contributed by atoms with Gasteiger partial charge in [-0.3, -0.25) is 4.98 Å². The number of fused-ring (bicyclic) bond motifs is 1. The average molecular weight is 360 g/mol. The normalized spacial score (nSPS) is 21.6. The second kappa shape index (κ2) is 7.15. The number of nitrogens with zero attached hydrogens (tertiary/aromatic N) is 2. The number of benzene rings is 1. The van der Waals surface area contributed by atoms with Gasteiger partial charge in [0, 0.05) is 36.4 Å². The van der Waals surface area contributed by atoms with Crippen LogP contribution in [0.4, 0.5) is 18.9 Å². The van der Waals surface area contributed by atoms with E-state index < -0.39 is 11.7 Å². The summed E-state index contributed by atoms with van der Waals surface area (Å²) in [7, 11) is 1.92. The number of halogens is 4. The van der Waals surface area contributed by atoms with Gasteiger partial charge in [-0.05, 0) is 43.7 Å². The van der Waals surface area contributed by atoms with Crippen LogP contribution in [0.5, 0.6) is 0 Å². The summed E-state index contributed by atoms with van der Waals surface area (Å²) in [5.74, 6) is 0.482. The predicted octanol–water partition coefficient (Wildman–Crippen LogP) is 4.11. The first-order chi connectivity index (χ1) is 10.9. The number of aromatic nitrogens is 1. The van der Waals surface area contributed by atoms with E-state index >= 15 is 0 Å². The van der Waals surface area contributed by atoms with E-state index in [1.54, 1.807) is 18.2 Å². The van der Waals surface area contributed by atoms with E-state index in [4.69, 9.17) is 0 Å². The minimum Gasteiger partial charge on any atom is -0.369 e. The molecule has 1 aliphatic heterocycles. The zero-order valence-corrected chi connectivity index (χ0v) is 14.4. The van der Waals surface area contributed by atoms with Gasteiger partial charge in [0.15, 0.2) is 0 Å². The predicted molar refractivity (Wildman–Crippen MR) is 92.8 cm³/mol. The molecule has 0 unspecified atom stereocenters. The Hall–Kier alpha value is -1.53. The third-order valence-corrected chi connectivity index (χ3v) is 4.46. The lowest BCUT2D eigenvalue weighted by Gasteiger charge is -2.38. The van der Waals surface area contributed by atoms with Gasteiger partial charge in [-0.15, -0.1) is 12.4 Å². The molecule has 7 heteroatoms. The van der Waals surface area contributed by atoms with Gasteiger partial charge in [-0.2, -0.15) is 13.2 Å². The van der Waals surface area contributed by atoms with Crippen LogP contribution in [0.1, 0.15) is 18.9 Å². The summed E-state index contributed by atoms with van der Waals surface area (Å²) in [6.07, 6.45) is -1.91. The molecule has 1 aromatic carbocycles. The number of hydrogen-bond donors (Lipinski definition) is 1. The van der Waals surface area contributed by atoms with E-state index in [9.17, 15) is 13.2 Å². The summed E-state index contributed by atoms with van der Waals surface area (Å²) in [5, 5.41) is 3.84. The van der Waals surface area contributed by atoms with Crippen molar-refractivity contribution in [2.45, 2.75) is 25.6 Å². The highest BCUT2D eigenvalue weighted by Gasteiger charge is 2.34. The Kier molecular flexibility index (Phi) is 5.60. The number of piperidine rings is 1. The summed E-state index contributed by atoms with van der Waals surface area (Å²) in [6, 6.07) is 6.48. The number of anilines is 1. The maximum absolute atomic E-state index is 13.2. The third kappa shape index (κ3) is 3.59. The monoisotopic (exact) mass is 359 g/mol. The Balaban J connectivity index is 0.00000208. The standard InChI is InChI=1S/C17H20F3N3.ClH/c1-11-8-12(21-2)10-23(9-11)15-6-5-14(17(18,19)20)16-13(15)4-3-7-22-16;/h3-7,11-12,21H,8-10H2,1-2H3;1H/t11-,12+;/m0./s1. The van der Waals surface area contributed by atoms with Crippen molar-refractivity contribution in [2.24, 2.45) is 5.92 Å². The molecule has 24 heavy (non-hydrogen) atoms. The van der Waals surface area contributed by atoms with Crippen molar-refractivity contribution in [3.05, 3.63) is 36.0 Å². The molecule has 0 amide bonds. The van der Waals surface area contributed by atoms with Crippen LogP contribution in [0.25, 0.3) is 10.9 Å². The van der Waals surface area contributed by atoms with Gasteiger partial charge in [0.2, 0.25) is 0 Å². The van der Waals surface area contributed by atoms with Gasteiger partial charge in [0.1, 0.15) is 0 Å². The molecule has 1 saturated heterocycles. The van der Waals surface area contributed by atoms with Gasteiger partial charge in [-0.25, -0.2) is 0 Å². The fraction of sp³-hybridized carbons (Fsp3) is 0.471. The minimum atomic E-state index is -4.40. The molecule has 132 valence electrons. The van der Waals surface area contributed by atoms with Gasteiger partial charge < -0.3 is 10.2 Å². The Morgan fingerprint density at radius 3 is 2.62 bits per heavy atom. The molecule has 1 fully saturated rings. The Bertz CT molecular complexity index is 705. The summed E-state index contributed by atoms with van der Waals surface area (Å²) in [4.78, 5) is 6.17. The van der Waals surface area contributed by atoms with Crippen molar-refractivity contribution in [1.82, 2.24) is 10.3 Å². The van der Waals surface area contributed by atoms with Crippen molar-refractivity contribution >= 4 is 29.0 Å². The van der Waals surface area contributed by atoms with E-state index in [1.807, 2.05) is 7.05 Å². The van der Waals surface area contributed by atoms with Crippen LogP contribution in [0.2, 0.25) is 0 Å². The largest absolute Gasteiger partial charge is 0.418 e. The Morgan fingerprint density at radius 2 is 1.96 bits per heavy atom. The van der Waals surface area contributed by atoms with E-state index in [-0.39, 0.29) is 17.9 Å². The van der Waals surface area contributed by atoms with Crippen LogP contribution in [0.3, 0.4) is 0 Å². The summed E-state index contributed by atoms with van der Waals surface area (Å²) < 4.78 is 39.6. The molecule has 3 nitrogen and oxygen atoms in total. The second-order valence-electron chi connectivity index (χ2n) is 6.26. The number of rotatable bonds is 2. The van der Waals surface area contributed by atoms with Crippen molar-refractivity contribution in [3.63, 3.8) is 0 Å². The zero-order chi connectivity index (χ0) is 16.6. The molecule has 1 aromatic heterocycles. The number of hydrogen-bond acceptors (Lipinski definition) is 3. The van der Waals surface area contributed by atoms with Gasteiger partial charge in [0.05, 0.1) is 11.1 Å². The van der Waals surface area contributed by atoms with Crippen LogP contribution in [-0.4, -0.2) is 31.2 Å². The third-order valence-electron chi connectivity index (χ3n) is 4.46. The second-order valence-corrected chi connectivity index (χ2v) is 6.26. The molecule has 0 radical (unpaired) electrons. The van der Waals surface area contributed by atoms with Crippen LogP contribution in [0, 0.1) is 5.92 Å². The zero-order valence-electron chi connectivity index (χ0n) is 13.6. The molecule has 1 aliphatic rings. The topological polar surface area (TPSA) is 28.2 Å². The number of nitrogens with one attached hydrogen (secondary N) is 1. The van der Waals surface area contributed by atoms with Crippen LogP contribution in [-0.2, 0) is 6.18 Å². The molecule has 0 bridgehead atoms. The van der Waals surface area contributed by atoms with Crippen LogP contribution < -0.4 is 10.2 Å². The Morgan fingerprint density at radius 1 is 1.21 bits per heavy atom. The lowest BCUT2D eigenvalue weighted by atomic mass is 9.94. The molecular weight excluding hydrogens is 339 g/mol. The van der Waals surface area contributed by atoms with Crippen LogP contribution in [0.15, 0.2) is 30.5 Å². The number of pyridine rings is 1. The lowest BCUT2D eigenvalue weighted by molar-refractivity contribution is -0.136. The maximum Gasteiger partial charge on any atom is 0.418 e. The Labute approximate surface area is 145 Å². The van der Waals surface area contributed by atoms with Gasteiger partial charge in [-0.1, -0.05) is 6.92 Å². The number of likely N-dealkylation sites (N-methyl/N-ethyl adjacent to an activating group) is 1. The maximum atomic E-state index is 13.2. The van der Waals surface area contributed by atoms with Crippen molar-refractivity contribution in [1.29, 1.82) is 0 Å². The molecule has 0 spiro atoms. The molecule has 1 N–H and O–H groups in total. The first kappa shape index (κ1) is 18.8. The smallest absolute Gasteiger partial charge is 0.369 e. The minimum absolute atomic E-state index is 0. The SMILES string of the molecule is CN[C@@H]1C[C@H](C)CN(c2ccc(C(F)(F)F)c3ncccc23)C1.Cl. The molecular formula is C17H21ClF3N3. The van der Waals surface area contributed by atoms with E-state index in [0.717, 1.165) is 31.3 Å². The van der Waals surface area contributed by atoms with Crippen molar-refractivity contribution in [3.8, 4) is 0 Å². The number of alkyl halides is 3.